The van der Waals surface area contributed by atoms with Gasteiger partial charge in [-0.25, -0.2) is 0 Å². The van der Waals surface area contributed by atoms with E-state index in [9.17, 15) is 4.79 Å². The Morgan fingerprint density at radius 2 is 2.25 bits per heavy atom. The third kappa shape index (κ3) is 2.20. The molecule has 1 N–H and O–H groups in total. The molecule has 0 atom stereocenters. The van der Waals surface area contributed by atoms with Crippen LogP contribution in [0.4, 0.5) is 0 Å². The van der Waals surface area contributed by atoms with E-state index < -0.39 is 0 Å². The van der Waals surface area contributed by atoms with Gasteiger partial charge in [-0.1, -0.05) is 17.7 Å². The fraction of sp³-hybridized carbons (Fsp3) is 0.417. The first-order valence-electron chi connectivity index (χ1n) is 5.41. The number of nitrogens with zero attached hydrogens (tertiary/aromatic N) is 1. The molecule has 1 heterocycles. The SMILES string of the molecule is O=C1c2cc(Cl)ccc2CCCN1CCO. The normalized spacial score (nSPS) is 15.9. The third-order valence-corrected chi connectivity index (χ3v) is 3.07. The largest absolute Gasteiger partial charge is 0.395 e. The van der Waals surface area contributed by atoms with Crippen molar-refractivity contribution < 1.29 is 9.90 Å². The molecule has 1 amide bonds. The van der Waals surface area contributed by atoms with Crippen LogP contribution in [0.3, 0.4) is 0 Å². The zero-order chi connectivity index (χ0) is 11.5. The van der Waals surface area contributed by atoms with Crippen LogP contribution in [0.5, 0.6) is 0 Å². The minimum atomic E-state index is -0.0240. The van der Waals surface area contributed by atoms with Crippen LogP contribution in [0, 0.1) is 0 Å². The van der Waals surface area contributed by atoms with Gasteiger partial charge in [0.25, 0.3) is 5.91 Å². The first kappa shape index (κ1) is 11.4. The van der Waals surface area contributed by atoms with E-state index in [0.717, 1.165) is 18.4 Å². The lowest BCUT2D eigenvalue weighted by molar-refractivity contribution is 0.0727. The zero-order valence-electron chi connectivity index (χ0n) is 8.95. The molecule has 0 unspecified atom stereocenters. The fourth-order valence-electron chi connectivity index (χ4n) is 2.03. The van der Waals surface area contributed by atoms with E-state index >= 15 is 0 Å². The van der Waals surface area contributed by atoms with Gasteiger partial charge in [0, 0.05) is 23.7 Å². The number of amides is 1. The van der Waals surface area contributed by atoms with E-state index in [0.29, 0.717) is 23.7 Å². The van der Waals surface area contributed by atoms with E-state index in [2.05, 4.69) is 0 Å². The van der Waals surface area contributed by atoms with Crippen molar-refractivity contribution in [2.75, 3.05) is 19.7 Å². The highest BCUT2D eigenvalue weighted by molar-refractivity contribution is 6.31. The Morgan fingerprint density at radius 3 is 3.00 bits per heavy atom. The number of carbonyl (C=O) groups excluding carboxylic acids is 1. The molecule has 0 aliphatic carbocycles. The molecule has 0 saturated carbocycles. The van der Waals surface area contributed by atoms with E-state index in [1.807, 2.05) is 12.1 Å². The van der Waals surface area contributed by atoms with E-state index in [1.165, 1.54) is 0 Å². The average molecular weight is 240 g/mol. The van der Waals surface area contributed by atoms with Gasteiger partial charge in [0.15, 0.2) is 0 Å². The van der Waals surface area contributed by atoms with Gasteiger partial charge < -0.3 is 10.0 Å². The molecule has 1 aromatic carbocycles. The molecule has 0 fully saturated rings. The molecule has 86 valence electrons. The second-order valence-corrected chi connectivity index (χ2v) is 4.36. The highest BCUT2D eigenvalue weighted by Gasteiger charge is 2.21. The molecule has 0 radical (unpaired) electrons. The smallest absolute Gasteiger partial charge is 0.254 e. The summed E-state index contributed by atoms with van der Waals surface area (Å²) in [7, 11) is 0. The standard InChI is InChI=1S/C12H14ClNO2/c13-10-4-3-9-2-1-5-14(6-7-15)12(16)11(9)8-10/h3-4,8,15H,1-2,5-7H2. The molecule has 0 aromatic heterocycles. The van der Waals surface area contributed by atoms with Crippen molar-refractivity contribution in [3.8, 4) is 0 Å². The molecule has 4 heteroatoms. The second kappa shape index (κ2) is 4.85. The molecule has 16 heavy (non-hydrogen) atoms. The Balaban J connectivity index is 2.35. The van der Waals surface area contributed by atoms with Crippen molar-refractivity contribution >= 4 is 17.5 Å². The number of hydrogen-bond donors (Lipinski definition) is 1. The molecule has 1 aromatic rings. The van der Waals surface area contributed by atoms with Gasteiger partial charge in [0.05, 0.1) is 6.61 Å². The highest BCUT2D eigenvalue weighted by Crippen LogP contribution is 2.22. The monoisotopic (exact) mass is 239 g/mol. The number of hydrogen-bond acceptors (Lipinski definition) is 2. The maximum absolute atomic E-state index is 12.1. The molecule has 3 nitrogen and oxygen atoms in total. The fourth-order valence-corrected chi connectivity index (χ4v) is 2.20. The summed E-state index contributed by atoms with van der Waals surface area (Å²) in [5.41, 5.74) is 1.73. The van der Waals surface area contributed by atoms with Gasteiger partial charge in [-0.05, 0) is 30.5 Å². The molecule has 0 saturated heterocycles. The van der Waals surface area contributed by atoms with Gasteiger partial charge in [-0.15, -0.1) is 0 Å². The van der Waals surface area contributed by atoms with Crippen molar-refractivity contribution in [1.29, 1.82) is 0 Å². The minimum absolute atomic E-state index is 0.00163. The molecule has 0 spiro atoms. The second-order valence-electron chi connectivity index (χ2n) is 3.92. The van der Waals surface area contributed by atoms with Crippen molar-refractivity contribution in [2.24, 2.45) is 0 Å². The van der Waals surface area contributed by atoms with Crippen LogP contribution >= 0.6 is 11.6 Å². The summed E-state index contributed by atoms with van der Waals surface area (Å²) < 4.78 is 0. The number of rotatable bonds is 2. The Bertz CT molecular complexity index is 406. The van der Waals surface area contributed by atoms with Crippen LogP contribution in [0.2, 0.25) is 5.02 Å². The number of halogens is 1. The molecular weight excluding hydrogens is 226 g/mol. The molecule has 1 aliphatic rings. The van der Waals surface area contributed by atoms with Crippen molar-refractivity contribution in [2.45, 2.75) is 12.8 Å². The number of aliphatic hydroxyl groups excluding tert-OH is 1. The number of β-amino-alcohol motifs (C(OH)–C–C–N with tert-alkyl or cyclic N) is 1. The third-order valence-electron chi connectivity index (χ3n) is 2.83. The number of benzene rings is 1. The Labute approximate surface area is 99.6 Å². The molecular formula is C12H14ClNO2. The van der Waals surface area contributed by atoms with Crippen LogP contribution in [0.15, 0.2) is 18.2 Å². The number of aryl methyl sites for hydroxylation is 1. The van der Waals surface area contributed by atoms with Crippen molar-refractivity contribution in [3.63, 3.8) is 0 Å². The van der Waals surface area contributed by atoms with Gasteiger partial charge in [-0.2, -0.15) is 0 Å². The summed E-state index contributed by atoms with van der Waals surface area (Å²) in [4.78, 5) is 13.8. The quantitative estimate of drug-likeness (QED) is 0.854. The van der Waals surface area contributed by atoms with Crippen LogP contribution in [-0.4, -0.2) is 35.6 Å². The van der Waals surface area contributed by atoms with Crippen molar-refractivity contribution in [3.05, 3.63) is 34.3 Å². The number of fused-ring (bicyclic) bond motifs is 1. The zero-order valence-corrected chi connectivity index (χ0v) is 9.70. The van der Waals surface area contributed by atoms with Crippen LogP contribution in [0.25, 0.3) is 0 Å². The van der Waals surface area contributed by atoms with E-state index in [4.69, 9.17) is 16.7 Å². The number of aliphatic hydroxyl groups is 1. The summed E-state index contributed by atoms with van der Waals surface area (Å²) >= 11 is 5.90. The summed E-state index contributed by atoms with van der Waals surface area (Å²) in [5, 5.41) is 9.49. The molecule has 0 bridgehead atoms. The molecule has 2 rings (SSSR count). The van der Waals surface area contributed by atoms with Gasteiger partial charge in [0.2, 0.25) is 0 Å². The lowest BCUT2D eigenvalue weighted by atomic mass is 10.0. The predicted octanol–water partition coefficient (Wildman–Crippen LogP) is 1.72. The van der Waals surface area contributed by atoms with Crippen LogP contribution in [-0.2, 0) is 6.42 Å². The van der Waals surface area contributed by atoms with Crippen molar-refractivity contribution in [1.82, 2.24) is 4.90 Å². The summed E-state index contributed by atoms with van der Waals surface area (Å²) in [6, 6.07) is 5.45. The highest BCUT2D eigenvalue weighted by atomic mass is 35.5. The summed E-state index contributed by atoms with van der Waals surface area (Å²) in [6.45, 7) is 1.10. The summed E-state index contributed by atoms with van der Waals surface area (Å²) in [5.74, 6) is -0.0240. The predicted molar refractivity (Wildman–Crippen MR) is 62.8 cm³/mol. The first-order chi connectivity index (χ1) is 7.72. The van der Waals surface area contributed by atoms with E-state index in [-0.39, 0.29) is 12.5 Å². The van der Waals surface area contributed by atoms with E-state index in [1.54, 1.807) is 11.0 Å². The topological polar surface area (TPSA) is 40.5 Å². The average Bonchev–Trinajstić information content (AvgIpc) is 2.42. The lowest BCUT2D eigenvalue weighted by Crippen LogP contribution is -2.33. The van der Waals surface area contributed by atoms with Crippen LogP contribution in [0.1, 0.15) is 22.3 Å². The first-order valence-corrected chi connectivity index (χ1v) is 5.78. The summed E-state index contributed by atoms with van der Waals surface area (Å²) in [6.07, 6.45) is 1.82. The number of carbonyl (C=O) groups is 1. The van der Waals surface area contributed by atoms with Crippen LogP contribution < -0.4 is 0 Å². The minimum Gasteiger partial charge on any atom is -0.395 e. The molecule has 1 aliphatic heterocycles. The Kier molecular flexibility index (Phi) is 3.46. The van der Waals surface area contributed by atoms with Gasteiger partial charge in [0.1, 0.15) is 0 Å². The van der Waals surface area contributed by atoms with Gasteiger partial charge in [-0.3, -0.25) is 4.79 Å². The maximum atomic E-state index is 12.1. The Hall–Kier alpha value is -1.06. The maximum Gasteiger partial charge on any atom is 0.254 e. The van der Waals surface area contributed by atoms with Gasteiger partial charge >= 0.3 is 0 Å². The Morgan fingerprint density at radius 1 is 1.44 bits per heavy atom. The lowest BCUT2D eigenvalue weighted by Gasteiger charge is -2.19.